The van der Waals surface area contributed by atoms with Crippen LogP contribution in [0, 0.1) is 11.8 Å². The Morgan fingerprint density at radius 3 is 2.27 bits per heavy atom. The fourth-order valence-corrected chi connectivity index (χ4v) is 6.92. The molecule has 0 radical (unpaired) electrons. The van der Waals surface area contributed by atoms with Crippen LogP contribution in [-0.2, 0) is 10.3 Å². The van der Waals surface area contributed by atoms with E-state index in [2.05, 4.69) is 59.1 Å². The first kappa shape index (κ1) is 28.1. The van der Waals surface area contributed by atoms with Crippen molar-refractivity contribution in [1.82, 2.24) is 20.1 Å². The number of aromatic nitrogens is 3. The maximum Gasteiger partial charge on any atom is 0.239 e. The van der Waals surface area contributed by atoms with E-state index in [1.807, 2.05) is 12.3 Å². The van der Waals surface area contributed by atoms with Gasteiger partial charge < -0.3 is 19.7 Å². The average Bonchev–Trinajstić information content (AvgIpc) is 3.02. The standard InChI is InChI=1S/C24H34N2O2.C8H6N2O2/c1-5-17-16-26-13-11-18(17)14-23(26)24(6-2,28-7-3)21-10-12-25-22-9-8-19(27-4)15-20(21)22;11-7-5-3-1-2-4-6(5)8(12)10-9-7/h8-10,12,15,17-18,23H,5-7,11,13-14,16H2,1-4H3;1-4H,(H,9,11)(H,10,12)/t17-,18-,23+,24-;/m0./s1. The number of piperidine rings is 3. The van der Waals surface area contributed by atoms with Crippen LogP contribution in [0.1, 0.15) is 52.0 Å². The van der Waals surface area contributed by atoms with Gasteiger partial charge in [-0.3, -0.25) is 9.88 Å². The Hall–Kier alpha value is -3.49. The first-order valence-corrected chi connectivity index (χ1v) is 14.4. The molecule has 7 rings (SSSR count). The summed E-state index contributed by atoms with van der Waals surface area (Å²) < 4.78 is 12.2. The van der Waals surface area contributed by atoms with Gasteiger partial charge in [-0.05, 0) is 86.5 Å². The van der Waals surface area contributed by atoms with Gasteiger partial charge >= 0.3 is 0 Å². The highest BCUT2D eigenvalue weighted by Crippen LogP contribution is 2.48. The Balaban J connectivity index is 0.000000223. The molecule has 1 unspecified atom stereocenters. The average molecular weight is 545 g/mol. The first-order chi connectivity index (χ1) is 19.4. The molecule has 8 nitrogen and oxygen atoms in total. The Labute approximate surface area is 236 Å². The van der Waals surface area contributed by atoms with E-state index in [4.69, 9.17) is 9.47 Å². The van der Waals surface area contributed by atoms with Gasteiger partial charge in [-0.1, -0.05) is 32.4 Å². The van der Waals surface area contributed by atoms with Crippen molar-refractivity contribution in [3.63, 3.8) is 0 Å². The lowest BCUT2D eigenvalue weighted by Gasteiger charge is -2.56. The lowest BCUT2D eigenvalue weighted by Crippen LogP contribution is -2.61. The van der Waals surface area contributed by atoms with E-state index in [9.17, 15) is 10.2 Å². The molecule has 212 valence electrons. The highest BCUT2D eigenvalue weighted by molar-refractivity contribution is 5.89. The summed E-state index contributed by atoms with van der Waals surface area (Å²) in [7, 11) is 1.73. The second kappa shape index (κ2) is 11.9. The molecule has 40 heavy (non-hydrogen) atoms. The summed E-state index contributed by atoms with van der Waals surface area (Å²) >= 11 is 0. The van der Waals surface area contributed by atoms with Gasteiger partial charge in [0.2, 0.25) is 11.8 Å². The molecule has 8 heteroatoms. The van der Waals surface area contributed by atoms with Gasteiger partial charge in [0, 0.05) is 30.8 Å². The molecule has 3 saturated heterocycles. The molecule has 2 aromatic heterocycles. The maximum absolute atomic E-state index is 9.21. The number of methoxy groups -OCH3 is 1. The Morgan fingerprint density at radius 2 is 1.70 bits per heavy atom. The summed E-state index contributed by atoms with van der Waals surface area (Å²) in [5.74, 6) is 2.22. The molecule has 0 amide bonds. The van der Waals surface area contributed by atoms with Crippen molar-refractivity contribution in [2.24, 2.45) is 11.8 Å². The Kier molecular flexibility index (Phi) is 8.38. The Bertz CT molecular complexity index is 1420. The second-order valence-corrected chi connectivity index (χ2v) is 10.8. The van der Waals surface area contributed by atoms with Crippen LogP contribution in [0.5, 0.6) is 17.5 Å². The molecule has 3 aliphatic rings. The van der Waals surface area contributed by atoms with Crippen LogP contribution in [-0.4, -0.2) is 63.1 Å². The highest BCUT2D eigenvalue weighted by atomic mass is 16.5. The fraction of sp³-hybridized carbons (Fsp3) is 0.469. The van der Waals surface area contributed by atoms with Gasteiger partial charge in [0.15, 0.2) is 0 Å². The quantitative estimate of drug-likeness (QED) is 0.290. The summed E-state index contributed by atoms with van der Waals surface area (Å²) in [6.07, 6.45) is 6.77. The summed E-state index contributed by atoms with van der Waals surface area (Å²) in [5, 5.41) is 27.3. The number of rotatable bonds is 7. The van der Waals surface area contributed by atoms with Crippen LogP contribution in [0.3, 0.4) is 0 Å². The summed E-state index contributed by atoms with van der Waals surface area (Å²) in [6, 6.07) is 15.6. The number of aromatic hydroxyl groups is 2. The van der Waals surface area contributed by atoms with E-state index in [-0.39, 0.29) is 17.4 Å². The number of ether oxygens (including phenoxy) is 2. The van der Waals surface area contributed by atoms with Crippen molar-refractivity contribution in [3.05, 3.63) is 60.3 Å². The molecule has 0 spiro atoms. The monoisotopic (exact) mass is 544 g/mol. The third-order valence-corrected chi connectivity index (χ3v) is 8.93. The van der Waals surface area contributed by atoms with Gasteiger partial charge in [-0.2, -0.15) is 0 Å². The molecular weight excluding hydrogens is 504 g/mol. The van der Waals surface area contributed by atoms with Gasteiger partial charge in [0.1, 0.15) is 11.4 Å². The van der Waals surface area contributed by atoms with Crippen molar-refractivity contribution in [1.29, 1.82) is 0 Å². The third kappa shape index (κ3) is 5.06. The van der Waals surface area contributed by atoms with Crippen molar-refractivity contribution in [3.8, 4) is 17.5 Å². The normalized spacial score (nSPS) is 23.4. The number of hydrogen-bond donors (Lipinski definition) is 2. The molecule has 0 saturated carbocycles. The Morgan fingerprint density at radius 1 is 0.975 bits per heavy atom. The lowest BCUT2D eigenvalue weighted by atomic mass is 9.68. The molecule has 3 aliphatic heterocycles. The molecule has 4 aromatic rings. The SMILES string of the molecule is CCO[C@@](CC)(c1ccnc2ccc(OC)cc12)[C@H]1C[C@@H]2CCN1C[C@@H]2CC.Oc1nnc(O)c2ccccc12. The van der Waals surface area contributed by atoms with E-state index in [1.54, 1.807) is 31.4 Å². The number of hydrogen-bond acceptors (Lipinski definition) is 8. The van der Waals surface area contributed by atoms with Crippen molar-refractivity contribution in [2.75, 3.05) is 26.8 Å². The van der Waals surface area contributed by atoms with Crippen LogP contribution in [0.4, 0.5) is 0 Å². The van der Waals surface area contributed by atoms with Gasteiger partial charge in [-0.15, -0.1) is 10.2 Å². The van der Waals surface area contributed by atoms with E-state index in [1.165, 1.54) is 37.9 Å². The van der Waals surface area contributed by atoms with Crippen molar-refractivity contribution >= 4 is 21.7 Å². The minimum absolute atomic E-state index is 0.164. The zero-order chi connectivity index (χ0) is 28.3. The molecule has 0 aliphatic carbocycles. The largest absolute Gasteiger partial charge is 0.497 e. The van der Waals surface area contributed by atoms with Crippen LogP contribution in [0.15, 0.2) is 54.7 Å². The predicted molar refractivity (Wildman–Crippen MR) is 157 cm³/mol. The highest BCUT2D eigenvalue weighted by Gasteiger charge is 2.50. The number of nitrogens with zero attached hydrogens (tertiary/aromatic N) is 4. The lowest BCUT2D eigenvalue weighted by molar-refractivity contribution is -0.149. The van der Waals surface area contributed by atoms with E-state index < -0.39 is 0 Å². The third-order valence-electron chi connectivity index (χ3n) is 8.93. The maximum atomic E-state index is 9.21. The summed E-state index contributed by atoms with van der Waals surface area (Å²) in [6.45, 7) is 9.88. The molecule has 2 N–H and O–H groups in total. The summed E-state index contributed by atoms with van der Waals surface area (Å²) in [5.41, 5.74) is 1.98. The molecule has 3 fully saturated rings. The van der Waals surface area contributed by atoms with Gasteiger partial charge in [0.05, 0.1) is 23.4 Å². The van der Waals surface area contributed by atoms with Crippen LogP contribution in [0.25, 0.3) is 21.7 Å². The minimum atomic E-state index is -0.306. The van der Waals surface area contributed by atoms with E-state index >= 15 is 0 Å². The zero-order valence-corrected chi connectivity index (χ0v) is 23.9. The molecule has 5 heterocycles. The second-order valence-electron chi connectivity index (χ2n) is 10.8. The molecule has 2 aromatic carbocycles. The van der Waals surface area contributed by atoms with Crippen LogP contribution < -0.4 is 4.74 Å². The zero-order valence-electron chi connectivity index (χ0n) is 23.9. The number of pyridine rings is 1. The van der Waals surface area contributed by atoms with E-state index in [0.29, 0.717) is 23.4 Å². The van der Waals surface area contributed by atoms with Crippen molar-refractivity contribution in [2.45, 2.75) is 58.1 Å². The summed E-state index contributed by atoms with van der Waals surface area (Å²) in [4.78, 5) is 7.34. The first-order valence-electron chi connectivity index (χ1n) is 14.4. The fourth-order valence-electron chi connectivity index (χ4n) is 6.92. The van der Waals surface area contributed by atoms with Gasteiger partial charge in [0.25, 0.3) is 0 Å². The smallest absolute Gasteiger partial charge is 0.239 e. The van der Waals surface area contributed by atoms with E-state index in [0.717, 1.165) is 34.9 Å². The number of fused-ring (bicyclic) bond motifs is 5. The van der Waals surface area contributed by atoms with Crippen LogP contribution in [0.2, 0.25) is 0 Å². The van der Waals surface area contributed by atoms with Gasteiger partial charge in [-0.25, -0.2) is 0 Å². The number of benzene rings is 2. The molecular formula is C32H40N4O4. The van der Waals surface area contributed by atoms with Crippen LogP contribution >= 0.6 is 0 Å². The van der Waals surface area contributed by atoms with Crippen molar-refractivity contribution < 1.29 is 19.7 Å². The molecule has 2 bridgehead atoms. The predicted octanol–water partition coefficient (Wildman–Crippen LogP) is 6.05. The topological polar surface area (TPSA) is 101 Å². The molecule has 5 atom stereocenters. The minimum Gasteiger partial charge on any atom is -0.497 e.